The van der Waals surface area contributed by atoms with E-state index in [-0.39, 0.29) is 0 Å². The second-order valence-corrected chi connectivity index (χ2v) is 4.90. The Hall–Kier alpha value is -2.54. The van der Waals surface area contributed by atoms with Gasteiger partial charge in [0.05, 0.1) is 0 Å². The smallest absolute Gasteiger partial charge is 0.0463 e. The first-order valence-electron chi connectivity index (χ1n) is 6.81. The molecular formula is C19H17N. The number of hydrogen-bond acceptors (Lipinski definition) is 1. The van der Waals surface area contributed by atoms with Gasteiger partial charge in [-0.2, -0.15) is 0 Å². The molecule has 3 aromatic carbocycles. The molecule has 0 heterocycles. The first-order chi connectivity index (χ1) is 9.83. The molecule has 0 saturated carbocycles. The number of nitrogens with one attached hydrogen (secondary N) is 1. The van der Waals surface area contributed by atoms with Crippen molar-refractivity contribution in [3.8, 4) is 11.1 Å². The lowest BCUT2D eigenvalue weighted by Gasteiger charge is -2.12. The van der Waals surface area contributed by atoms with Crippen molar-refractivity contribution in [3.05, 3.63) is 84.4 Å². The molecule has 3 rings (SSSR count). The summed E-state index contributed by atoms with van der Waals surface area (Å²) in [5, 5.41) is 3.49. The van der Waals surface area contributed by atoms with E-state index < -0.39 is 0 Å². The maximum absolute atomic E-state index is 3.49. The second kappa shape index (κ2) is 5.62. The van der Waals surface area contributed by atoms with Gasteiger partial charge in [0.1, 0.15) is 0 Å². The van der Waals surface area contributed by atoms with Gasteiger partial charge in [0.2, 0.25) is 0 Å². The fourth-order valence-corrected chi connectivity index (χ4v) is 2.25. The summed E-state index contributed by atoms with van der Waals surface area (Å²) in [5.74, 6) is 0. The van der Waals surface area contributed by atoms with E-state index in [2.05, 4.69) is 72.9 Å². The van der Waals surface area contributed by atoms with Crippen LogP contribution in [-0.4, -0.2) is 0 Å². The molecule has 0 unspecified atom stereocenters. The topological polar surface area (TPSA) is 12.0 Å². The number of para-hydroxylation sites is 2. The summed E-state index contributed by atoms with van der Waals surface area (Å²) >= 11 is 0. The molecule has 1 N–H and O–H groups in total. The van der Waals surface area contributed by atoms with Crippen LogP contribution in [0.15, 0.2) is 78.9 Å². The molecule has 0 aliphatic rings. The van der Waals surface area contributed by atoms with E-state index >= 15 is 0 Å². The van der Waals surface area contributed by atoms with E-state index in [1.54, 1.807) is 0 Å². The Bertz CT molecular complexity index is 684. The molecule has 0 radical (unpaired) electrons. The normalized spacial score (nSPS) is 10.2. The molecule has 0 aliphatic carbocycles. The molecule has 0 aliphatic heterocycles. The SMILES string of the molecule is Cc1ccc(-c2ccccc2Nc2ccccc2)cc1. The zero-order valence-electron chi connectivity index (χ0n) is 11.5. The van der Waals surface area contributed by atoms with Gasteiger partial charge in [-0.25, -0.2) is 0 Å². The van der Waals surface area contributed by atoms with Crippen LogP contribution in [0.25, 0.3) is 11.1 Å². The minimum atomic E-state index is 1.10. The van der Waals surface area contributed by atoms with Gasteiger partial charge in [-0.3, -0.25) is 0 Å². The van der Waals surface area contributed by atoms with Crippen LogP contribution < -0.4 is 5.32 Å². The van der Waals surface area contributed by atoms with Gasteiger partial charge in [0.15, 0.2) is 0 Å². The third kappa shape index (κ3) is 2.72. The summed E-state index contributed by atoms with van der Waals surface area (Å²) in [6.45, 7) is 2.11. The van der Waals surface area contributed by atoms with Gasteiger partial charge in [-0.05, 0) is 30.7 Å². The van der Waals surface area contributed by atoms with Gasteiger partial charge in [0.25, 0.3) is 0 Å². The molecule has 0 saturated heterocycles. The summed E-state index contributed by atoms with van der Waals surface area (Å²) in [7, 11) is 0. The van der Waals surface area contributed by atoms with E-state index in [1.165, 1.54) is 16.7 Å². The molecule has 98 valence electrons. The minimum absolute atomic E-state index is 1.10. The zero-order valence-corrected chi connectivity index (χ0v) is 11.5. The van der Waals surface area contributed by atoms with Crippen molar-refractivity contribution in [2.75, 3.05) is 5.32 Å². The summed E-state index contributed by atoms with van der Waals surface area (Å²) in [4.78, 5) is 0. The molecule has 1 heteroatoms. The lowest BCUT2D eigenvalue weighted by Crippen LogP contribution is -1.92. The van der Waals surface area contributed by atoms with Crippen LogP contribution in [0.5, 0.6) is 0 Å². The van der Waals surface area contributed by atoms with Crippen LogP contribution in [0.1, 0.15) is 5.56 Å². The number of benzene rings is 3. The minimum Gasteiger partial charge on any atom is -0.355 e. The number of anilines is 2. The highest BCUT2D eigenvalue weighted by atomic mass is 14.9. The first-order valence-corrected chi connectivity index (χ1v) is 6.81. The van der Waals surface area contributed by atoms with Crippen LogP contribution in [0.3, 0.4) is 0 Å². The van der Waals surface area contributed by atoms with Crippen LogP contribution in [0.2, 0.25) is 0 Å². The molecule has 0 aromatic heterocycles. The van der Waals surface area contributed by atoms with Gasteiger partial charge in [0, 0.05) is 16.9 Å². The summed E-state index contributed by atoms with van der Waals surface area (Å²) in [5.41, 5.74) is 5.96. The van der Waals surface area contributed by atoms with Crippen LogP contribution in [0, 0.1) is 6.92 Å². The maximum Gasteiger partial charge on any atom is 0.0463 e. The quantitative estimate of drug-likeness (QED) is 0.663. The third-order valence-corrected chi connectivity index (χ3v) is 3.34. The van der Waals surface area contributed by atoms with E-state index in [1.807, 2.05) is 18.2 Å². The Labute approximate surface area is 119 Å². The highest BCUT2D eigenvalue weighted by Gasteiger charge is 2.04. The highest BCUT2D eigenvalue weighted by Crippen LogP contribution is 2.30. The van der Waals surface area contributed by atoms with Crippen molar-refractivity contribution in [2.24, 2.45) is 0 Å². The van der Waals surface area contributed by atoms with Crippen molar-refractivity contribution in [1.29, 1.82) is 0 Å². The standard InChI is InChI=1S/C19H17N/c1-15-11-13-16(14-12-15)18-9-5-6-10-19(18)20-17-7-3-2-4-8-17/h2-14,20H,1H3. The Morgan fingerprint density at radius 2 is 1.30 bits per heavy atom. The Morgan fingerprint density at radius 1 is 0.650 bits per heavy atom. The third-order valence-electron chi connectivity index (χ3n) is 3.34. The largest absolute Gasteiger partial charge is 0.355 e. The van der Waals surface area contributed by atoms with E-state index in [9.17, 15) is 0 Å². The predicted octanol–water partition coefficient (Wildman–Crippen LogP) is 5.41. The predicted molar refractivity (Wildman–Crippen MR) is 86.3 cm³/mol. The molecule has 0 bridgehead atoms. The van der Waals surface area contributed by atoms with Gasteiger partial charge in [-0.15, -0.1) is 0 Å². The van der Waals surface area contributed by atoms with Crippen molar-refractivity contribution in [1.82, 2.24) is 0 Å². The second-order valence-electron chi connectivity index (χ2n) is 4.90. The summed E-state index contributed by atoms with van der Waals surface area (Å²) in [6, 6.07) is 27.3. The van der Waals surface area contributed by atoms with Crippen LogP contribution in [-0.2, 0) is 0 Å². The molecule has 20 heavy (non-hydrogen) atoms. The van der Waals surface area contributed by atoms with Crippen LogP contribution in [0.4, 0.5) is 11.4 Å². The highest BCUT2D eigenvalue weighted by molar-refractivity contribution is 5.81. The lowest BCUT2D eigenvalue weighted by atomic mass is 10.0. The molecule has 3 aromatic rings. The number of aryl methyl sites for hydroxylation is 1. The Balaban J connectivity index is 1.98. The van der Waals surface area contributed by atoms with Crippen molar-refractivity contribution in [2.45, 2.75) is 6.92 Å². The van der Waals surface area contributed by atoms with E-state index in [4.69, 9.17) is 0 Å². The fourth-order valence-electron chi connectivity index (χ4n) is 2.25. The molecule has 1 nitrogen and oxygen atoms in total. The summed E-state index contributed by atoms with van der Waals surface area (Å²) < 4.78 is 0. The molecule has 0 fully saturated rings. The van der Waals surface area contributed by atoms with Gasteiger partial charge < -0.3 is 5.32 Å². The first kappa shape index (κ1) is 12.5. The fraction of sp³-hybridized carbons (Fsp3) is 0.0526. The average molecular weight is 259 g/mol. The van der Waals surface area contributed by atoms with Crippen molar-refractivity contribution in [3.63, 3.8) is 0 Å². The van der Waals surface area contributed by atoms with Crippen molar-refractivity contribution >= 4 is 11.4 Å². The Morgan fingerprint density at radius 3 is 2.05 bits per heavy atom. The molecule has 0 spiro atoms. The monoisotopic (exact) mass is 259 g/mol. The van der Waals surface area contributed by atoms with Gasteiger partial charge in [-0.1, -0.05) is 66.2 Å². The summed E-state index contributed by atoms with van der Waals surface area (Å²) in [6.07, 6.45) is 0. The maximum atomic E-state index is 3.49. The van der Waals surface area contributed by atoms with Crippen LogP contribution >= 0.6 is 0 Å². The van der Waals surface area contributed by atoms with E-state index in [0.29, 0.717) is 0 Å². The molecular weight excluding hydrogens is 242 g/mol. The van der Waals surface area contributed by atoms with Crippen molar-refractivity contribution < 1.29 is 0 Å². The molecule has 0 atom stereocenters. The Kier molecular flexibility index (Phi) is 3.51. The number of hydrogen-bond donors (Lipinski definition) is 1. The average Bonchev–Trinajstić information content (AvgIpc) is 2.50. The van der Waals surface area contributed by atoms with Gasteiger partial charge >= 0.3 is 0 Å². The lowest BCUT2D eigenvalue weighted by molar-refractivity contribution is 1.46. The zero-order chi connectivity index (χ0) is 13.8. The van der Waals surface area contributed by atoms with E-state index in [0.717, 1.165) is 11.4 Å². The molecule has 0 amide bonds. The number of rotatable bonds is 3.